The minimum Gasteiger partial charge on any atom is -0.456 e. The Morgan fingerprint density at radius 1 is 0.436 bits per heavy atom. The van der Waals surface area contributed by atoms with Gasteiger partial charge in [-0.2, -0.15) is 0 Å². The molecule has 4 nitrogen and oxygen atoms in total. The van der Waals surface area contributed by atoms with Gasteiger partial charge in [0.1, 0.15) is 16.8 Å². The number of rotatable bonds is 2. The molecule has 0 spiro atoms. The van der Waals surface area contributed by atoms with Gasteiger partial charge in [0, 0.05) is 49.9 Å². The molecule has 0 saturated carbocycles. The van der Waals surface area contributed by atoms with E-state index in [1.54, 1.807) is 0 Å². The summed E-state index contributed by atoms with van der Waals surface area (Å²) in [6, 6.07) is 42.8. The predicted molar refractivity (Wildman–Crippen MR) is 160 cm³/mol. The quantitative estimate of drug-likeness (QED) is 0.238. The smallest absolute Gasteiger partial charge is 0.145 e. The lowest BCUT2D eigenvalue weighted by atomic mass is 10.1. The van der Waals surface area contributed by atoms with E-state index >= 15 is 0 Å². The topological polar surface area (TPSA) is 35.9 Å². The van der Waals surface area contributed by atoms with Gasteiger partial charge in [0.25, 0.3) is 0 Å². The van der Waals surface area contributed by atoms with Gasteiger partial charge in [-0.3, -0.25) is 4.57 Å². The van der Waals surface area contributed by atoms with Crippen molar-refractivity contribution in [2.24, 2.45) is 0 Å². The maximum atomic E-state index is 6.31. The molecule has 0 aliphatic heterocycles. The van der Waals surface area contributed by atoms with Gasteiger partial charge >= 0.3 is 0 Å². The Hall–Kier alpha value is -5.35. The Labute approximate surface area is 222 Å². The van der Waals surface area contributed by atoms with Crippen molar-refractivity contribution >= 4 is 65.7 Å². The summed E-state index contributed by atoms with van der Waals surface area (Å²) < 4.78 is 10.9. The lowest BCUT2D eigenvalue weighted by Gasteiger charge is -2.08. The highest BCUT2D eigenvalue weighted by molar-refractivity contribution is 6.11. The molecule has 4 aromatic heterocycles. The highest BCUT2D eigenvalue weighted by Gasteiger charge is 2.16. The zero-order chi connectivity index (χ0) is 25.5. The van der Waals surface area contributed by atoms with Crippen molar-refractivity contribution < 1.29 is 4.42 Å². The highest BCUT2D eigenvalue weighted by Crippen LogP contribution is 2.37. The fourth-order valence-electron chi connectivity index (χ4n) is 6.29. The third kappa shape index (κ3) is 2.80. The maximum Gasteiger partial charge on any atom is 0.145 e. The number of furan rings is 1. The molecule has 39 heavy (non-hydrogen) atoms. The molecule has 0 aliphatic carbocycles. The van der Waals surface area contributed by atoms with Gasteiger partial charge in [0.15, 0.2) is 0 Å². The number of nitrogens with zero attached hydrogens (tertiary/aromatic N) is 3. The van der Waals surface area contributed by atoms with Crippen molar-refractivity contribution in [3.05, 3.63) is 128 Å². The van der Waals surface area contributed by atoms with E-state index in [0.29, 0.717) is 0 Å². The van der Waals surface area contributed by atoms with Crippen LogP contribution in [0.5, 0.6) is 0 Å². The van der Waals surface area contributed by atoms with Crippen LogP contribution >= 0.6 is 0 Å². The molecule has 5 aromatic carbocycles. The summed E-state index contributed by atoms with van der Waals surface area (Å²) in [6.45, 7) is 0. The minimum absolute atomic E-state index is 0.877. The van der Waals surface area contributed by atoms with E-state index in [1.165, 1.54) is 27.2 Å². The number of fused-ring (bicyclic) bond motifs is 9. The van der Waals surface area contributed by atoms with Gasteiger partial charge in [-0.15, -0.1) is 0 Å². The maximum absolute atomic E-state index is 6.31. The van der Waals surface area contributed by atoms with Crippen LogP contribution in [0.3, 0.4) is 0 Å². The summed E-state index contributed by atoms with van der Waals surface area (Å²) in [5, 5.41) is 7.05. The van der Waals surface area contributed by atoms with Crippen molar-refractivity contribution in [2.45, 2.75) is 0 Å². The number of aromatic nitrogens is 3. The van der Waals surface area contributed by atoms with E-state index in [2.05, 4.69) is 124 Å². The largest absolute Gasteiger partial charge is 0.456 e. The van der Waals surface area contributed by atoms with Crippen molar-refractivity contribution in [1.82, 2.24) is 14.1 Å². The Morgan fingerprint density at radius 2 is 0.923 bits per heavy atom. The Kier molecular flexibility index (Phi) is 4.02. The molecule has 0 saturated heterocycles. The Morgan fingerprint density at radius 3 is 1.54 bits per heavy atom. The number of pyridine rings is 1. The second-order valence-corrected chi connectivity index (χ2v) is 10.1. The number of hydrogen-bond donors (Lipinski definition) is 0. The van der Waals surface area contributed by atoms with Crippen LogP contribution in [0.25, 0.3) is 77.1 Å². The molecule has 0 atom stereocenters. The normalized spacial score (nSPS) is 12.1. The average Bonchev–Trinajstić information content (AvgIpc) is 3.64. The molecule has 0 fully saturated rings. The molecule has 0 radical (unpaired) electrons. The molecular weight excluding hydrogens is 478 g/mol. The molecule has 4 heterocycles. The second kappa shape index (κ2) is 7.59. The molecule has 9 rings (SSSR count). The van der Waals surface area contributed by atoms with Crippen LogP contribution in [0.15, 0.2) is 132 Å². The van der Waals surface area contributed by atoms with Crippen LogP contribution in [0, 0.1) is 0 Å². The van der Waals surface area contributed by atoms with Crippen LogP contribution in [-0.4, -0.2) is 14.1 Å². The molecule has 0 amide bonds. The lowest BCUT2D eigenvalue weighted by Crippen LogP contribution is -1.95. The predicted octanol–water partition coefficient (Wildman–Crippen LogP) is 9.18. The van der Waals surface area contributed by atoms with Gasteiger partial charge in [-0.05, 0) is 66.7 Å². The van der Waals surface area contributed by atoms with Crippen molar-refractivity contribution in [3.8, 4) is 11.4 Å². The summed E-state index contributed by atoms with van der Waals surface area (Å²) in [7, 11) is 0. The fourth-order valence-corrected chi connectivity index (χ4v) is 6.29. The Bertz CT molecular complexity index is 2130. The summed E-state index contributed by atoms with van der Waals surface area (Å²) in [4.78, 5) is 4.77. The monoisotopic (exact) mass is 499 g/mol. The zero-order valence-corrected chi connectivity index (χ0v) is 20.9. The average molecular weight is 500 g/mol. The first-order valence-electron chi connectivity index (χ1n) is 13.1. The van der Waals surface area contributed by atoms with E-state index in [4.69, 9.17) is 9.40 Å². The van der Waals surface area contributed by atoms with E-state index in [0.717, 1.165) is 49.9 Å². The molecule has 0 bridgehead atoms. The molecule has 0 unspecified atom stereocenters. The molecule has 182 valence electrons. The first kappa shape index (κ1) is 20.7. The van der Waals surface area contributed by atoms with E-state index in [-0.39, 0.29) is 0 Å². The summed E-state index contributed by atoms with van der Waals surface area (Å²) >= 11 is 0. The third-order valence-corrected chi connectivity index (χ3v) is 7.97. The summed E-state index contributed by atoms with van der Waals surface area (Å²) in [5.74, 6) is 0. The van der Waals surface area contributed by atoms with Crippen LogP contribution < -0.4 is 0 Å². The zero-order valence-electron chi connectivity index (χ0n) is 20.9. The number of hydrogen-bond acceptors (Lipinski definition) is 2. The summed E-state index contributed by atoms with van der Waals surface area (Å²) in [6.07, 6.45) is 1.86. The molecule has 9 aromatic rings. The van der Waals surface area contributed by atoms with Gasteiger partial charge in [0.2, 0.25) is 0 Å². The first-order chi connectivity index (χ1) is 19.3. The van der Waals surface area contributed by atoms with E-state index in [9.17, 15) is 0 Å². The van der Waals surface area contributed by atoms with Crippen molar-refractivity contribution in [2.75, 3.05) is 0 Å². The fraction of sp³-hybridized carbons (Fsp3) is 0. The Balaban J connectivity index is 1.32. The summed E-state index contributed by atoms with van der Waals surface area (Å²) in [5.41, 5.74) is 8.43. The third-order valence-electron chi connectivity index (χ3n) is 7.97. The van der Waals surface area contributed by atoms with E-state index in [1.807, 2.05) is 12.3 Å². The van der Waals surface area contributed by atoms with Gasteiger partial charge in [-0.25, -0.2) is 4.98 Å². The minimum atomic E-state index is 0.877. The lowest BCUT2D eigenvalue weighted by molar-refractivity contribution is 0.669. The van der Waals surface area contributed by atoms with Gasteiger partial charge in [-0.1, -0.05) is 54.6 Å². The van der Waals surface area contributed by atoms with Crippen molar-refractivity contribution in [3.63, 3.8) is 0 Å². The molecule has 0 N–H and O–H groups in total. The first-order valence-corrected chi connectivity index (χ1v) is 13.1. The molecule has 4 heteroatoms. The number of para-hydroxylation sites is 3. The van der Waals surface area contributed by atoms with Gasteiger partial charge in [0.05, 0.1) is 16.6 Å². The number of benzene rings is 5. The van der Waals surface area contributed by atoms with Crippen LogP contribution in [0.2, 0.25) is 0 Å². The van der Waals surface area contributed by atoms with E-state index < -0.39 is 0 Å². The van der Waals surface area contributed by atoms with Crippen LogP contribution in [0.4, 0.5) is 0 Å². The second-order valence-electron chi connectivity index (χ2n) is 10.1. The van der Waals surface area contributed by atoms with Crippen LogP contribution in [0.1, 0.15) is 0 Å². The highest BCUT2D eigenvalue weighted by atomic mass is 16.3. The SMILES string of the molecule is c1ccc2c(c1)c1ccccc1n2-c1ccc2oc3ccc(-n4c5ccccc5c5cccnc54)cc3c2c1. The standard InChI is InChI=1S/C35H21N3O/c1-4-12-30-24(8-1)25-9-2-5-13-31(25)37(30)22-15-17-33-28(20-22)29-21-23(16-18-34(29)39-33)38-32-14-6-3-10-26(32)27-11-7-19-36-35(27)38/h1-21H. The molecule has 0 aliphatic rings. The molecular formula is C35H21N3O. The van der Waals surface area contributed by atoms with Gasteiger partial charge < -0.3 is 8.98 Å². The van der Waals surface area contributed by atoms with Crippen LogP contribution in [-0.2, 0) is 0 Å². The van der Waals surface area contributed by atoms with Crippen molar-refractivity contribution in [1.29, 1.82) is 0 Å².